The van der Waals surface area contributed by atoms with Gasteiger partial charge in [-0.05, 0) is 37.0 Å². The normalized spacial score (nSPS) is 26.8. The smallest absolute Gasteiger partial charge is 0.298 e. The predicted octanol–water partition coefficient (Wildman–Crippen LogP) is 2.72. The van der Waals surface area contributed by atoms with E-state index in [1.807, 2.05) is 18.3 Å². The van der Waals surface area contributed by atoms with Gasteiger partial charge in [-0.25, -0.2) is 18.1 Å². The average molecular weight is 461 g/mol. The van der Waals surface area contributed by atoms with E-state index in [2.05, 4.69) is 27.1 Å². The van der Waals surface area contributed by atoms with Crippen molar-refractivity contribution in [2.45, 2.75) is 51.1 Å². The van der Waals surface area contributed by atoms with Crippen molar-refractivity contribution in [3.8, 4) is 0 Å². The van der Waals surface area contributed by atoms with Gasteiger partial charge < -0.3 is 0 Å². The molecule has 1 unspecified atom stereocenters. The molecule has 1 aliphatic carbocycles. The molecule has 4 heterocycles. The molecule has 10 heteroatoms. The summed E-state index contributed by atoms with van der Waals surface area (Å²) in [5, 5.41) is 6.71. The number of pyridine rings is 1. The van der Waals surface area contributed by atoms with Crippen LogP contribution in [0.15, 0.2) is 24.5 Å². The summed E-state index contributed by atoms with van der Waals surface area (Å²) in [5.41, 5.74) is 2.63. The number of hydrogen-bond donors (Lipinski definition) is 1. The number of imide groups is 1. The summed E-state index contributed by atoms with van der Waals surface area (Å²) in [5.74, 6) is -2.65. The Morgan fingerprint density at radius 2 is 2.09 bits per heavy atom. The molecule has 2 atom stereocenters. The van der Waals surface area contributed by atoms with Gasteiger partial charge in [-0.1, -0.05) is 0 Å². The molecule has 0 radical (unpaired) electrons. The zero-order chi connectivity index (χ0) is 23.2. The molecule has 5 rings (SSSR count). The van der Waals surface area contributed by atoms with E-state index in [4.69, 9.17) is 0 Å². The van der Waals surface area contributed by atoms with Gasteiger partial charge in [0.15, 0.2) is 0 Å². The highest BCUT2D eigenvalue weighted by molar-refractivity contribution is 6.07. The number of fused-ring (bicyclic) bond motifs is 1. The largest absolute Gasteiger partial charge is 0.328 e. The molecule has 8 nitrogen and oxygen atoms in total. The van der Waals surface area contributed by atoms with Gasteiger partial charge in [-0.15, -0.1) is 0 Å². The topological polar surface area (TPSA) is 73.2 Å². The van der Waals surface area contributed by atoms with Crippen LogP contribution < -0.4 is 10.2 Å². The Hall–Kier alpha value is -2.59. The second-order valence-electron chi connectivity index (χ2n) is 9.69. The van der Waals surface area contributed by atoms with Crippen molar-refractivity contribution >= 4 is 23.1 Å². The molecule has 2 aromatic rings. The van der Waals surface area contributed by atoms with Gasteiger partial charge in [0.1, 0.15) is 0 Å². The fourth-order valence-electron chi connectivity index (χ4n) is 5.38. The molecule has 3 fully saturated rings. The van der Waals surface area contributed by atoms with Crippen LogP contribution in [0.25, 0.3) is 5.52 Å². The molecule has 3 aliphatic rings. The van der Waals surface area contributed by atoms with E-state index in [0.717, 1.165) is 43.8 Å². The summed E-state index contributed by atoms with van der Waals surface area (Å²) in [7, 11) is 0. The Labute approximate surface area is 191 Å². The molecule has 2 aliphatic heterocycles. The number of nitrogens with one attached hydrogen (secondary N) is 1. The molecule has 0 aromatic carbocycles. The Bertz CT molecular complexity index is 1060. The maximum atomic E-state index is 13.6. The van der Waals surface area contributed by atoms with Crippen LogP contribution in [0.2, 0.25) is 0 Å². The molecule has 0 bridgehead atoms. The third-order valence-corrected chi connectivity index (χ3v) is 7.16. The molecule has 178 valence electrons. The van der Waals surface area contributed by atoms with Crippen LogP contribution in [0.4, 0.5) is 19.3 Å². The first-order valence-electron chi connectivity index (χ1n) is 11.7. The molecule has 2 aromatic heterocycles. The second-order valence-corrected chi connectivity index (χ2v) is 9.69. The van der Waals surface area contributed by atoms with E-state index in [1.165, 1.54) is 0 Å². The third-order valence-electron chi connectivity index (χ3n) is 7.16. The summed E-state index contributed by atoms with van der Waals surface area (Å²) < 4.78 is 28.8. The van der Waals surface area contributed by atoms with Crippen molar-refractivity contribution in [1.29, 1.82) is 0 Å². The minimum Gasteiger partial charge on any atom is -0.298 e. The number of amides is 3. The molecular weight excluding hydrogens is 430 g/mol. The van der Waals surface area contributed by atoms with Gasteiger partial charge in [-0.3, -0.25) is 24.8 Å². The summed E-state index contributed by atoms with van der Waals surface area (Å²) in [6, 6.07) is 3.97. The zero-order valence-electron chi connectivity index (χ0n) is 18.8. The highest BCUT2D eigenvalue weighted by Gasteiger charge is 2.40. The average Bonchev–Trinajstić information content (AvgIpc) is 3.32. The Morgan fingerprint density at radius 1 is 1.24 bits per heavy atom. The number of nitrogens with zero attached hydrogens (tertiary/aromatic N) is 5. The van der Waals surface area contributed by atoms with E-state index in [9.17, 15) is 18.4 Å². The van der Waals surface area contributed by atoms with Crippen molar-refractivity contribution in [2.75, 3.05) is 37.6 Å². The molecular formula is C23H30F2N6O2. The van der Waals surface area contributed by atoms with E-state index in [-0.39, 0.29) is 31.1 Å². The maximum Gasteiger partial charge on any atom is 0.328 e. The number of alkyl halides is 2. The molecule has 3 amide bonds. The van der Waals surface area contributed by atoms with Crippen LogP contribution in [0.3, 0.4) is 0 Å². The molecule has 1 saturated carbocycles. The first-order chi connectivity index (χ1) is 15.8. The van der Waals surface area contributed by atoms with Gasteiger partial charge in [0.2, 0.25) is 11.8 Å². The van der Waals surface area contributed by atoms with Gasteiger partial charge in [0.25, 0.3) is 0 Å². The lowest BCUT2D eigenvalue weighted by Crippen LogP contribution is -2.52. The highest BCUT2D eigenvalue weighted by Crippen LogP contribution is 2.39. The van der Waals surface area contributed by atoms with Crippen LogP contribution >= 0.6 is 0 Å². The van der Waals surface area contributed by atoms with Crippen LogP contribution in [0, 0.1) is 5.92 Å². The van der Waals surface area contributed by atoms with Crippen LogP contribution in [-0.4, -0.2) is 76.0 Å². The van der Waals surface area contributed by atoms with Crippen molar-refractivity contribution < 1.29 is 18.4 Å². The third kappa shape index (κ3) is 4.72. The number of carbonyl (C=O) groups is 2. The summed E-state index contributed by atoms with van der Waals surface area (Å²) in [4.78, 5) is 30.1. The molecule has 33 heavy (non-hydrogen) atoms. The van der Waals surface area contributed by atoms with Crippen molar-refractivity contribution in [3.63, 3.8) is 0 Å². The first-order valence-corrected chi connectivity index (χ1v) is 11.7. The highest BCUT2D eigenvalue weighted by atomic mass is 19.3. The lowest BCUT2D eigenvalue weighted by atomic mass is 10.0. The SMILES string of the molecule is C[C@H]1CN(Cc2ccn3ncc(N4CCC(=O)NC4=O)c3c2)CCN1CC1CCC(F)(F)C1. The monoisotopic (exact) mass is 460 g/mol. The minimum atomic E-state index is -2.48. The fraction of sp³-hybridized carbons (Fsp3) is 0.609. The number of piperazine rings is 1. The Kier molecular flexibility index (Phi) is 5.82. The van der Waals surface area contributed by atoms with E-state index in [0.29, 0.717) is 24.7 Å². The van der Waals surface area contributed by atoms with Crippen LogP contribution in [0.1, 0.15) is 38.2 Å². The van der Waals surface area contributed by atoms with Gasteiger partial charge in [-0.2, -0.15) is 5.10 Å². The Morgan fingerprint density at radius 3 is 2.82 bits per heavy atom. The van der Waals surface area contributed by atoms with Crippen molar-refractivity contribution in [1.82, 2.24) is 24.7 Å². The number of rotatable bonds is 5. The zero-order valence-corrected chi connectivity index (χ0v) is 18.8. The number of urea groups is 1. The number of carbonyl (C=O) groups excluding carboxylic acids is 2. The van der Waals surface area contributed by atoms with Crippen LogP contribution in [-0.2, 0) is 11.3 Å². The maximum absolute atomic E-state index is 13.6. The number of hydrogen-bond acceptors (Lipinski definition) is 5. The van der Waals surface area contributed by atoms with E-state index >= 15 is 0 Å². The predicted molar refractivity (Wildman–Crippen MR) is 119 cm³/mol. The number of halogens is 2. The standard InChI is InChI=1S/C23H30F2N6O2/c1-16-13-28(8-9-29(16)15-18-2-5-23(24,25)11-18)14-17-3-7-31-19(10-17)20(12-26-31)30-6-4-21(32)27-22(30)33/h3,7,10,12,16,18H,2,4-6,8-9,11,13-15H2,1H3,(H,27,32,33)/t16-,18?/m0/s1. The lowest BCUT2D eigenvalue weighted by molar-refractivity contribution is -0.120. The summed E-state index contributed by atoms with van der Waals surface area (Å²) in [6.45, 7) is 6.70. The van der Waals surface area contributed by atoms with E-state index < -0.39 is 12.0 Å². The molecule has 1 N–H and O–H groups in total. The Balaban J connectivity index is 1.23. The van der Waals surface area contributed by atoms with Crippen molar-refractivity contribution in [2.24, 2.45) is 5.92 Å². The van der Waals surface area contributed by atoms with Crippen molar-refractivity contribution in [3.05, 3.63) is 30.1 Å². The van der Waals surface area contributed by atoms with Crippen LogP contribution in [0.5, 0.6) is 0 Å². The fourth-order valence-corrected chi connectivity index (χ4v) is 5.38. The second kappa shape index (κ2) is 8.64. The van der Waals surface area contributed by atoms with Gasteiger partial charge in [0, 0.05) is 70.8 Å². The molecule has 0 spiro atoms. The van der Waals surface area contributed by atoms with Gasteiger partial charge >= 0.3 is 6.03 Å². The van der Waals surface area contributed by atoms with E-state index in [1.54, 1.807) is 15.6 Å². The van der Waals surface area contributed by atoms with Gasteiger partial charge in [0.05, 0.1) is 17.4 Å². The summed E-state index contributed by atoms with van der Waals surface area (Å²) in [6.07, 6.45) is 4.49. The molecule has 2 saturated heterocycles. The number of anilines is 1. The lowest BCUT2D eigenvalue weighted by Gasteiger charge is -2.41. The quantitative estimate of drug-likeness (QED) is 0.743. The summed E-state index contributed by atoms with van der Waals surface area (Å²) >= 11 is 0. The first kappa shape index (κ1) is 22.2. The number of aromatic nitrogens is 2. The minimum absolute atomic E-state index is 0.0246.